The number of halogens is 2. The maximum absolute atomic E-state index is 13.5. The number of aromatic nitrogens is 1. The lowest BCUT2D eigenvalue weighted by molar-refractivity contribution is 0.0736. The van der Waals surface area contributed by atoms with Crippen molar-refractivity contribution in [3.05, 3.63) is 65.2 Å². The van der Waals surface area contributed by atoms with E-state index in [1.54, 1.807) is 6.26 Å². The molecule has 2 aromatic heterocycles. The predicted octanol–water partition coefficient (Wildman–Crippen LogP) is 4.59. The number of allylic oxidation sites excluding steroid dienone is 1. The number of pyridine rings is 1. The van der Waals surface area contributed by atoms with Crippen LogP contribution in [0.25, 0.3) is 22.6 Å². The van der Waals surface area contributed by atoms with Crippen LogP contribution < -0.4 is 5.32 Å². The van der Waals surface area contributed by atoms with E-state index >= 15 is 0 Å². The van der Waals surface area contributed by atoms with Gasteiger partial charge in [0.15, 0.2) is 0 Å². The molecule has 5 nitrogen and oxygen atoms in total. The van der Waals surface area contributed by atoms with Crippen LogP contribution in [0.3, 0.4) is 0 Å². The molecule has 30 heavy (non-hydrogen) atoms. The van der Waals surface area contributed by atoms with Crippen molar-refractivity contribution in [3.8, 4) is 0 Å². The summed E-state index contributed by atoms with van der Waals surface area (Å²) in [4.78, 5) is 20.5. The third-order valence-corrected chi connectivity index (χ3v) is 5.65. The van der Waals surface area contributed by atoms with Crippen molar-refractivity contribution >= 4 is 53.3 Å². The summed E-state index contributed by atoms with van der Waals surface area (Å²) >= 11 is 0. The largest absolute Gasteiger partial charge is 0.465 e. The van der Waals surface area contributed by atoms with Gasteiger partial charge in [0.05, 0.1) is 23.0 Å². The molecule has 0 saturated carbocycles. The van der Waals surface area contributed by atoms with E-state index in [0.717, 1.165) is 84.5 Å². The topological polar surface area (TPSA) is 58.4 Å². The Morgan fingerprint density at radius 2 is 1.87 bits per heavy atom. The molecular formula is C23H25Cl2N3O2. The first kappa shape index (κ1) is 22.3. The quantitative estimate of drug-likeness (QED) is 0.626. The number of fused-ring (bicyclic) bond motifs is 2. The number of amides is 1. The molecule has 5 rings (SSSR count). The van der Waals surface area contributed by atoms with Crippen molar-refractivity contribution in [2.45, 2.75) is 19.3 Å². The second-order valence-electron chi connectivity index (χ2n) is 7.41. The third kappa shape index (κ3) is 4.10. The van der Waals surface area contributed by atoms with Crippen LogP contribution in [0.15, 0.2) is 47.1 Å². The van der Waals surface area contributed by atoms with Gasteiger partial charge in [-0.25, -0.2) is 4.98 Å². The lowest BCUT2D eigenvalue weighted by atomic mass is 9.86. The van der Waals surface area contributed by atoms with Gasteiger partial charge in [-0.05, 0) is 54.7 Å². The molecule has 1 amide bonds. The Kier molecular flexibility index (Phi) is 7.19. The van der Waals surface area contributed by atoms with E-state index in [1.807, 2.05) is 41.3 Å². The molecule has 1 aliphatic heterocycles. The molecule has 1 aromatic carbocycles. The summed E-state index contributed by atoms with van der Waals surface area (Å²) in [6.07, 6.45) is 6.60. The summed E-state index contributed by atoms with van der Waals surface area (Å²) in [6.45, 7) is 3.19. The SMILES string of the molecule is Cl.Cl.O=C(c1c2c(nc3ccccc13)/C(=C\c1ccco1)CCC2)N1CCNCC1. The molecule has 1 fully saturated rings. The van der Waals surface area contributed by atoms with Crippen molar-refractivity contribution in [2.24, 2.45) is 0 Å². The number of furan rings is 1. The maximum atomic E-state index is 13.5. The number of carbonyl (C=O) groups excluding carboxylic acids is 1. The van der Waals surface area contributed by atoms with Gasteiger partial charge in [-0.1, -0.05) is 18.2 Å². The molecule has 1 aliphatic carbocycles. The molecular weight excluding hydrogens is 421 g/mol. The highest BCUT2D eigenvalue weighted by Crippen LogP contribution is 2.36. The Morgan fingerprint density at radius 1 is 1.07 bits per heavy atom. The van der Waals surface area contributed by atoms with Gasteiger partial charge in [-0.15, -0.1) is 24.8 Å². The minimum absolute atomic E-state index is 0. The number of nitrogens with one attached hydrogen (secondary N) is 1. The minimum atomic E-state index is 0. The Balaban J connectivity index is 0.00000128. The lowest BCUT2D eigenvalue weighted by Crippen LogP contribution is -2.46. The van der Waals surface area contributed by atoms with Crippen LogP contribution in [-0.4, -0.2) is 42.0 Å². The number of rotatable bonds is 2. The average molecular weight is 446 g/mol. The van der Waals surface area contributed by atoms with Crippen molar-refractivity contribution in [1.82, 2.24) is 15.2 Å². The normalized spacial score (nSPS) is 17.2. The molecule has 0 spiro atoms. The Morgan fingerprint density at radius 3 is 2.63 bits per heavy atom. The first-order chi connectivity index (χ1) is 13.8. The molecule has 2 aliphatic rings. The zero-order valence-corrected chi connectivity index (χ0v) is 18.2. The van der Waals surface area contributed by atoms with E-state index < -0.39 is 0 Å². The van der Waals surface area contributed by atoms with E-state index in [4.69, 9.17) is 9.40 Å². The van der Waals surface area contributed by atoms with E-state index in [-0.39, 0.29) is 30.7 Å². The zero-order chi connectivity index (χ0) is 18.9. The molecule has 3 aromatic rings. The third-order valence-electron chi connectivity index (χ3n) is 5.65. The smallest absolute Gasteiger partial charge is 0.254 e. The second kappa shape index (κ2) is 9.65. The minimum Gasteiger partial charge on any atom is -0.465 e. The Hall–Kier alpha value is -2.34. The second-order valence-corrected chi connectivity index (χ2v) is 7.41. The Labute approximate surface area is 188 Å². The molecule has 7 heteroatoms. The fourth-order valence-corrected chi connectivity index (χ4v) is 4.29. The van der Waals surface area contributed by atoms with Crippen LogP contribution in [0.4, 0.5) is 0 Å². The van der Waals surface area contributed by atoms with Crippen LogP contribution in [0.1, 0.15) is 40.2 Å². The monoisotopic (exact) mass is 445 g/mol. The van der Waals surface area contributed by atoms with Crippen molar-refractivity contribution in [1.29, 1.82) is 0 Å². The summed E-state index contributed by atoms with van der Waals surface area (Å²) in [6, 6.07) is 11.9. The van der Waals surface area contributed by atoms with Gasteiger partial charge in [-0.3, -0.25) is 4.79 Å². The highest BCUT2D eigenvalue weighted by Gasteiger charge is 2.28. The Bertz CT molecular complexity index is 1060. The van der Waals surface area contributed by atoms with Crippen LogP contribution in [0.2, 0.25) is 0 Å². The number of nitrogens with zero attached hydrogens (tertiary/aromatic N) is 2. The first-order valence-corrected chi connectivity index (χ1v) is 9.97. The number of piperazine rings is 1. The van der Waals surface area contributed by atoms with E-state index in [2.05, 4.69) is 11.4 Å². The van der Waals surface area contributed by atoms with Crippen molar-refractivity contribution in [2.75, 3.05) is 26.2 Å². The van der Waals surface area contributed by atoms with Crippen LogP contribution >= 0.6 is 24.8 Å². The van der Waals surface area contributed by atoms with Gasteiger partial charge >= 0.3 is 0 Å². The lowest BCUT2D eigenvalue weighted by Gasteiger charge is -2.30. The number of para-hydroxylation sites is 1. The first-order valence-electron chi connectivity index (χ1n) is 9.97. The fourth-order valence-electron chi connectivity index (χ4n) is 4.29. The number of benzene rings is 1. The molecule has 0 bridgehead atoms. The maximum Gasteiger partial charge on any atom is 0.254 e. The zero-order valence-electron chi connectivity index (χ0n) is 16.6. The van der Waals surface area contributed by atoms with Crippen LogP contribution in [0.5, 0.6) is 0 Å². The fraction of sp³-hybridized carbons (Fsp3) is 0.304. The summed E-state index contributed by atoms with van der Waals surface area (Å²) in [5.74, 6) is 0.961. The molecule has 158 valence electrons. The van der Waals surface area contributed by atoms with Gasteiger partial charge in [0.1, 0.15) is 5.76 Å². The summed E-state index contributed by atoms with van der Waals surface area (Å²) in [5, 5.41) is 4.29. The number of hydrogen-bond donors (Lipinski definition) is 1. The molecule has 1 N–H and O–H groups in total. The van der Waals surface area contributed by atoms with Gasteiger partial charge in [0.25, 0.3) is 5.91 Å². The summed E-state index contributed by atoms with van der Waals surface area (Å²) in [5.41, 5.74) is 4.92. The van der Waals surface area contributed by atoms with E-state index in [1.165, 1.54) is 0 Å². The van der Waals surface area contributed by atoms with Gasteiger partial charge < -0.3 is 14.6 Å². The van der Waals surface area contributed by atoms with Gasteiger partial charge in [0, 0.05) is 31.6 Å². The summed E-state index contributed by atoms with van der Waals surface area (Å²) < 4.78 is 5.53. The highest BCUT2D eigenvalue weighted by atomic mass is 35.5. The molecule has 0 radical (unpaired) electrons. The highest BCUT2D eigenvalue weighted by molar-refractivity contribution is 6.09. The van der Waals surface area contributed by atoms with E-state index in [9.17, 15) is 4.79 Å². The molecule has 0 unspecified atom stereocenters. The number of carbonyl (C=O) groups is 1. The summed E-state index contributed by atoms with van der Waals surface area (Å²) in [7, 11) is 0. The predicted molar refractivity (Wildman–Crippen MR) is 125 cm³/mol. The molecule has 3 heterocycles. The standard InChI is InChI=1S/C23H23N3O2.2ClH/c27-23(26-12-10-24-11-13-26)21-18-7-1-2-9-20(18)25-22-16(5-3-8-19(21)22)15-17-6-4-14-28-17;;/h1-2,4,6-7,9,14-15,24H,3,5,8,10-13H2;2*1H/b16-15-;;. The number of hydrogen-bond acceptors (Lipinski definition) is 4. The van der Waals surface area contributed by atoms with Gasteiger partial charge in [0.2, 0.25) is 0 Å². The average Bonchev–Trinajstić information content (AvgIpc) is 3.26. The van der Waals surface area contributed by atoms with E-state index in [0.29, 0.717) is 0 Å². The molecule has 0 atom stereocenters. The van der Waals surface area contributed by atoms with Crippen molar-refractivity contribution < 1.29 is 9.21 Å². The van der Waals surface area contributed by atoms with Crippen LogP contribution in [0, 0.1) is 0 Å². The van der Waals surface area contributed by atoms with Crippen LogP contribution in [-0.2, 0) is 6.42 Å². The van der Waals surface area contributed by atoms with Gasteiger partial charge in [-0.2, -0.15) is 0 Å². The molecule has 1 saturated heterocycles. The van der Waals surface area contributed by atoms with Crippen molar-refractivity contribution in [3.63, 3.8) is 0 Å².